The number of benzene rings is 1. The molecule has 0 radical (unpaired) electrons. The maximum Gasteiger partial charge on any atom is 0.142 e. The molecule has 0 saturated heterocycles. The summed E-state index contributed by atoms with van der Waals surface area (Å²) in [5, 5.41) is 9.69. The van der Waals surface area contributed by atoms with Crippen LogP contribution in [0.25, 0.3) is 22.5 Å². The minimum atomic E-state index is -0.489. The van der Waals surface area contributed by atoms with E-state index < -0.39 is 5.82 Å². The topological polar surface area (TPSA) is 84.9 Å². The van der Waals surface area contributed by atoms with Gasteiger partial charge in [-0.3, -0.25) is 9.97 Å². The largest absolute Gasteiger partial charge is 0.506 e. The second kappa shape index (κ2) is 5.57. The van der Waals surface area contributed by atoms with Crippen LogP contribution in [-0.4, -0.2) is 20.1 Å². The molecule has 0 aliphatic carbocycles. The molecule has 2 heterocycles. The molecule has 2 aromatic heterocycles. The quantitative estimate of drug-likeness (QED) is 0.757. The lowest BCUT2D eigenvalue weighted by Crippen LogP contribution is -1.99. The normalized spacial score (nSPS) is 10.6. The van der Waals surface area contributed by atoms with Gasteiger partial charge >= 0.3 is 0 Å². The molecule has 3 N–H and O–H groups in total. The van der Waals surface area contributed by atoms with Gasteiger partial charge in [-0.2, -0.15) is 0 Å². The van der Waals surface area contributed by atoms with Gasteiger partial charge in [-0.25, -0.2) is 9.37 Å². The molecule has 22 heavy (non-hydrogen) atoms. The number of nitrogens with zero attached hydrogens (tertiary/aromatic N) is 3. The van der Waals surface area contributed by atoms with E-state index in [2.05, 4.69) is 15.0 Å². The van der Waals surface area contributed by atoms with Crippen molar-refractivity contribution in [1.82, 2.24) is 15.0 Å². The first-order valence-electron chi connectivity index (χ1n) is 6.27. The Morgan fingerprint density at radius 3 is 2.59 bits per heavy atom. The van der Waals surface area contributed by atoms with Crippen molar-refractivity contribution in [3.05, 3.63) is 53.7 Å². The number of rotatable bonds is 2. The molecule has 0 spiro atoms. The van der Waals surface area contributed by atoms with E-state index >= 15 is 0 Å². The third-order valence-electron chi connectivity index (χ3n) is 2.99. The zero-order valence-corrected chi connectivity index (χ0v) is 11.9. The molecular weight excluding hydrogens is 307 g/mol. The van der Waals surface area contributed by atoms with Crippen molar-refractivity contribution in [2.24, 2.45) is 0 Å². The van der Waals surface area contributed by atoms with Gasteiger partial charge in [-0.05, 0) is 24.3 Å². The van der Waals surface area contributed by atoms with Gasteiger partial charge in [0.15, 0.2) is 0 Å². The third kappa shape index (κ3) is 2.68. The summed E-state index contributed by atoms with van der Waals surface area (Å²) in [5.41, 5.74) is 7.59. The third-order valence-corrected chi connectivity index (χ3v) is 3.29. The maximum absolute atomic E-state index is 13.4. The molecule has 7 heteroatoms. The fraction of sp³-hybridized carbons (Fsp3) is 0. The highest BCUT2D eigenvalue weighted by molar-refractivity contribution is 6.32. The van der Waals surface area contributed by atoms with Crippen LogP contribution in [0.15, 0.2) is 42.9 Å². The van der Waals surface area contributed by atoms with E-state index in [0.717, 1.165) is 6.20 Å². The predicted molar refractivity (Wildman–Crippen MR) is 81.7 cm³/mol. The standard InChI is InChI=1S/C15H10ClFN4O/c16-11-4-8(1-2-12(11)22)14-15(21-13(18)7-20-14)9-3-10(17)6-19-5-9/h1-7,22H,(H2,18,21). The molecule has 0 aliphatic heterocycles. The number of pyridine rings is 1. The van der Waals surface area contributed by atoms with Crippen LogP contribution in [0, 0.1) is 5.82 Å². The smallest absolute Gasteiger partial charge is 0.142 e. The number of hydrogen-bond acceptors (Lipinski definition) is 5. The zero-order valence-electron chi connectivity index (χ0n) is 11.2. The first-order valence-corrected chi connectivity index (χ1v) is 6.65. The van der Waals surface area contributed by atoms with Gasteiger partial charge in [0.05, 0.1) is 23.1 Å². The van der Waals surface area contributed by atoms with Gasteiger partial charge in [-0.1, -0.05) is 11.6 Å². The first kappa shape index (κ1) is 14.2. The van der Waals surface area contributed by atoms with Gasteiger partial charge in [0.1, 0.15) is 23.1 Å². The average Bonchev–Trinajstić information content (AvgIpc) is 2.50. The number of nitrogen functional groups attached to an aromatic ring is 1. The molecule has 0 aliphatic rings. The number of hydrogen-bond donors (Lipinski definition) is 2. The molecular formula is C15H10ClFN4O. The summed E-state index contributed by atoms with van der Waals surface area (Å²) < 4.78 is 13.4. The summed E-state index contributed by atoms with van der Waals surface area (Å²) in [6.45, 7) is 0. The Labute approximate surface area is 130 Å². The molecule has 3 rings (SSSR count). The Bertz CT molecular complexity index is 857. The van der Waals surface area contributed by atoms with Crippen LogP contribution in [0.5, 0.6) is 5.75 Å². The van der Waals surface area contributed by atoms with Crippen LogP contribution < -0.4 is 5.73 Å². The average molecular weight is 317 g/mol. The van der Waals surface area contributed by atoms with Crippen LogP contribution in [0.3, 0.4) is 0 Å². The van der Waals surface area contributed by atoms with E-state index in [1.807, 2.05) is 0 Å². The Hall–Kier alpha value is -2.73. The van der Waals surface area contributed by atoms with Crippen molar-refractivity contribution >= 4 is 17.4 Å². The Morgan fingerprint density at radius 1 is 1.05 bits per heavy atom. The van der Waals surface area contributed by atoms with E-state index in [1.54, 1.807) is 12.1 Å². The monoisotopic (exact) mass is 316 g/mol. The molecule has 0 saturated carbocycles. The summed E-state index contributed by atoms with van der Waals surface area (Å²) in [4.78, 5) is 12.3. The fourth-order valence-electron chi connectivity index (χ4n) is 2.01. The highest BCUT2D eigenvalue weighted by Gasteiger charge is 2.14. The number of aromatic nitrogens is 3. The number of nitrogens with two attached hydrogens (primary N) is 1. The molecule has 1 aromatic carbocycles. The van der Waals surface area contributed by atoms with Crippen molar-refractivity contribution in [3.63, 3.8) is 0 Å². The molecule has 3 aromatic rings. The maximum atomic E-state index is 13.4. The SMILES string of the molecule is Nc1cnc(-c2ccc(O)c(Cl)c2)c(-c2cncc(F)c2)n1. The first-order chi connectivity index (χ1) is 10.5. The van der Waals surface area contributed by atoms with E-state index in [9.17, 15) is 9.50 Å². The summed E-state index contributed by atoms with van der Waals surface area (Å²) in [7, 11) is 0. The van der Waals surface area contributed by atoms with Crippen molar-refractivity contribution in [2.75, 3.05) is 5.73 Å². The van der Waals surface area contributed by atoms with Gasteiger partial charge < -0.3 is 10.8 Å². The van der Waals surface area contributed by atoms with Gasteiger partial charge in [0.25, 0.3) is 0 Å². The summed E-state index contributed by atoms with van der Waals surface area (Å²) in [5.74, 6) is -0.327. The lowest BCUT2D eigenvalue weighted by molar-refractivity contribution is 0.475. The second-order valence-corrected chi connectivity index (χ2v) is 4.96. The second-order valence-electron chi connectivity index (χ2n) is 4.55. The van der Waals surface area contributed by atoms with Crippen LogP contribution in [0.1, 0.15) is 0 Å². The number of halogens is 2. The van der Waals surface area contributed by atoms with Gasteiger partial charge in [0.2, 0.25) is 0 Å². The highest BCUT2D eigenvalue weighted by Crippen LogP contribution is 2.33. The molecule has 0 atom stereocenters. The molecule has 0 unspecified atom stereocenters. The van der Waals surface area contributed by atoms with Crippen molar-refractivity contribution in [2.45, 2.75) is 0 Å². The fourth-order valence-corrected chi connectivity index (χ4v) is 2.19. The van der Waals surface area contributed by atoms with E-state index in [1.165, 1.54) is 24.5 Å². The van der Waals surface area contributed by atoms with Crippen molar-refractivity contribution in [3.8, 4) is 28.3 Å². The Kier molecular flexibility index (Phi) is 3.60. The molecule has 5 nitrogen and oxygen atoms in total. The van der Waals surface area contributed by atoms with Crippen LogP contribution in [-0.2, 0) is 0 Å². The summed E-state index contributed by atoms with van der Waals surface area (Å²) in [6.07, 6.45) is 3.96. The van der Waals surface area contributed by atoms with Crippen LogP contribution in [0.2, 0.25) is 5.02 Å². The summed E-state index contributed by atoms with van der Waals surface area (Å²) >= 11 is 5.92. The summed E-state index contributed by atoms with van der Waals surface area (Å²) in [6, 6.07) is 5.93. The number of phenols is 1. The minimum Gasteiger partial charge on any atom is -0.506 e. The van der Waals surface area contributed by atoms with Crippen molar-refractivity contribution < 1.29 is 9.50 Å². The van der Waals surface area contributed by atoms with Crippen LogP contribution in [0.4, 0.5) is 10.2 Å². The van der Waals surface area contributed by atoms with E-state index in [-0.39, 0.29) is 16.6 Å². The Morgan fingerprint density at radius 2 is 1.86 bits per heavy atom. The Balaban J connectivity index is 2.22. The zero-order chi connectivity index (χ0) is 15.7. The van der Waals surface area contributed by atoms with Crippen LogP contribution >= 0.6 is 11.6 Å². The van der Waals surface area contributed by atoms with Crippen molar-refractivity contribution in [1.29, 1.82) is 0 Å². The predicted octanol–water partition coefficient (Wildman–Crippen LogP) is 3.29. The lowest BCUT2D eigenvalue weighted by Gasteiger charge is -2.09. The highest BCUT2D eigenvalue weighted by atomic mass is 35.5. The molecule has 0 fully saturated rings. The molecule has 110 valence electrons. The molecule has 0 amide bonds. The minimum absolute atomic E-state index is 0.0391. The molecule has 0 bridgehead atoms. The van der Waals surface area contributed by atoms with E-state index in [4.69, 9.17) is 17.3 Å². The lowest BCUT2D eigenvalue weighted by atomic mass is 10.1. The van der Waals surface area contributed by atoms with Gasteiger partial charge in [0, 0.05) is 17.3 Å². The number of anilines is 1. The van der Waals surface area contributed by atoms with Gasteiger partial charge in [-0.15, -0.1) is 0 Å². The van der Waals surface area contributed by atoms with E-state index in [0.29, 0.717) is 22.5 Å². The number of aromatic hydroxyl groups is 1. The number of phenolic OH excluding ortho intramolecular Hbond substituents is 1.